The van der Waals surface area contributed by atoms with Crippen molar-refractivity contribution in [1.82, 2.24) is 10.6 Å². The van der Waals surface area contributed by atoms with Crippen molar-refractivity contribution in [3.05, 3.63) is 35.4 Å². The van der Waals surface area contributed by atoms with Crippen LogP contribution in [0.3, 0.4) is 0 Å². The van der Waals surface area contributed by atoms with Crippen molar-refractivity contribution < 1.29 is 14.9 Å². The lowest BCUT2D eigenvalue weighted by atomic mass is 9.87. The minimum absolute atomic E-state index is 0.212. The van der Waals surface area contributed by atoms with Gasteiger partial charge in [0, 0.05) is 18.0 Å². The van der Waals surface area contributed by atoms with Gasteiger partial charge in [-0.3, -0.25) is 10.1 Å². The SMILES string of the molecule is C[C@H]([NH2+][C@H]1CCCc2ccccc21)C(=O)NC(=O)NC1CCCCC1. The first-order valence-electron chi connectivity index (χ1n) is 9.67. The summed E-state index contributed by atoms with van der Waals surface area (Å²) in [6, 6.07) is 8.36. The Labute approximate surface area is 150 Å². The number of quaternary nitrogens is 1. The Hall–Kier alpha value is -1.88. The lowest BCUT2D eigenvalue weighted by Gasteiger charge is -2.26. The minimum Gasteiger partial charge on any atom is -0.335 e. The van der Waals surface area contributed by atoms with Gasteiger partial charge in [0.2, 0.25) is 0 Å². The topological polar surface area (TPSA) is 74.8 Å². The molecule has 25 heavy (non-hydrogen) atoms. The number of urea groups is 1. The molecule has 0 aromatic heterocycles. The minimum atomic E-state index is -0.346. The largest absolute Gasteiger partial charge is 0.335 e. The van der Waals surface area contributed by atoms with Crippen LogP contribution in [0.4, 0.5) is 4.79 Å². The number of hydrogen-bond donors (Lipinski definition) is 3. The van der Waals surface area contributed by atoms with Crippen LogP contribution in [0.15, 0.2) is 24.3 Å². The maximum Gasteiger partial charge on any atom is 0.321 e. The molecule has 2 aliphatic rings. The summed E-state index contributed by atoms with van der Waals surface area (Å²) in [6.07, 6.45) is 8.93. The number of nitrogens with two attached hydrogens (primary N) is 1. The first-order valence-corrected chi connectivity index (χ1v) is 9.67. The van der Waals surface area contributed by atoms with Crippen LogP contribution in [0.5, 0.6) is 0 Å². The number of rotatable bonds is 4. The molecule has 1 aromatic carbocycles. The molecule has 1 fully saturated rings. The summed E-state index contributed by atoms with van der Waals surface area (Å²) in [6.45, 7) is 1.88. The zero-order valence-corrected chi connectivity index (χ0v) is 15.1. The van der Waals surface area contributed by atoms with Crippen molar-refractivity contribution in [1.29, 1.82) is 0 Å². The molecular formula is C20H30N3O2+. The zero-order chi connectivity index (χ0) is 17.6. The standard InChI is InChI=1S/C20H29N3O2/c1-14(19(24)23-20(25)22-16-10-3-2-4-11-16)21-18-13-7-9-15-8-5-6-12-17(15)18/h5-6,8,12,14,16,18,21H,2-4,7,9-11,13H2,1H3,(H2,22,23,24,25)/p+1/t14-,18-/m0/s1. The van der Waals surface area contributed by atoms with Gasteiger partial charge < -0.3 is 10.6 Å². The van der Waals surface area contributed by atoms with Gasteiger partial charge in [0.05, 0.1) is 0 Å². The van der Waals surface area contributed by atoms with Gasteiger partial charge in [-0.1, -0.05) is 43.5 Å². The van der Waals surface area contributed by atoms with Gasteiger partial charge in [0.25, 0.3) is 5.91 Å². The van der Waals surface area contributed by atoms with E-state index in [-0.39, 0.29) is 24.0 Å². The quantitative estimate of drug-likeness (QED) is 0.783. The molecule has 5 heteroatoms. The summed E-state index contributed by atoms with van der Waals surface area (Å²) in [5.74, 6) is -0.212. The van der Waals surface area contributed by atoms with Gasteiger partial charge in [0.1, 0.15) is 6.04 Å². The Bertz CT molecular complexity index is 611. The first kappa shape index (κ1) is 17.9. The molecule has 5 nitrogen and oxygen atoms in total. The highest BCUT2D eigenvalue weighted by Crippen LogP contribution is 2.26. The van der Waals surface area contributed by atoms with Gasteiger partial charge in [-0.2, -0.15) is 0 Å². The van der Waals surface area contributed by atoms with Gasteiger partial charge in [0.15, 0.2) is 6.04 Å². The summed E-state index contributed by atoms with van der Waals surface area (Å²) in [4.78, 5) is 24.4. The summed E-state index contributed by atoms with van der Waals surface area (Å²) in [5, 5.41) is 7.56. The van der Waals surface area contributed by atoms with E-state index in [9.17, 15) is 9.59 Å². The summed E-state index contributed by atoms with van der Waals surface area (Å²) >= 11 is 0. The van der Waals surface area contributed by atoms with E-state index in [0.717, 1.165) is 44.9 Å². The molecule has 136 valence electrons. The van der Waals surface area contributed by atoms with Crippen LogP contribution >= 0.6 is 0 Å². The Morgan fingerprint density at radius 1 is 1.08 bits per heavy atom. The predicted octanol–water partition coefficient (Wildman–Crippen LogP) is 2.17. The van der Waals surface area contributed by atoms with E-state index < -0.39 is 0 Å². The number of fused-ring (bicyclic) bond motifs is 1. The fraction of sp³-hybridized carbons (Fsp3) is 0.600. The summed E-state index contributed by atoms with van der Waals surface area (Å²) in [5.41, 5.74) is 2.72. The smallest absolute Gasteiger partial charge is 0.321 e. The summed E-state index contributed by atoms with van der Waals surface area (Å²) < 4.78 is 0. The second-order valence-corrected chi connectivity index (χ2v) is 7.48. The molecule has 2 aliphatic carbocycles. The number of nitrogens with one attached hydrogen (secondary N) is 2. The van der Waals surface area contributed by atoms with E-state index in [4.69, 9.17) is 0 Å². The lowest BCUT2D eigenvalue weighted by Crippen LogP contribution is -2.93. The maximum absolute atomic E-state index is 12.4. The molecular weight excluding hydrogens is 314 g/mol. The molecule has 1 saturated carbocycles. The number of imide groups is 1. The molecule has 2 atom stereocenters. The van der Waals surface area contributed by atoms with Crippen molar-refractivity contribution >= 4 is 11.9 Å². The highest BCUT2D eigenvalue weighted by Gasteiger charge is 2.28. The van der Waals surface area contributed by atoms with Gasteiger partial charge in [-0.05, 0) is 38.2 Å². The number of benzene rings is 1. The van der Waals surface area contributed by atoms with Crippen LogP contribution in [0.1, 0.15) is 69.0 Å². The molecule has 0 radical (unpaired) electrons. The van der Waals surface area contributed by atoms with E-state index in [0.29, 0.717) is 6.04 Å². The third-order valence-electron chi connectivity index (χ3n) is 5.53. The average Bonchev–Trinajstić information content (AvgIpc) is 2.62. The third-order valence-corrected chi connectivity index (χ3v) is 5.53. The molecule has 0 heterocycles. The van der Waals surface area contributed by atoms with Crippen LogP contribution in [-0.4, -0.2) is 24.0 Å². The molecule has 0 aliphatic heterocycles. The van der Waals surface area contributed by atoms with E-state index in [2.05, 4.69) is 40.2 Å². The molecule has 0 spiro atoms. The molecule has 3 rings (SSSR count). The molecule has 4 N–H and O–H groups in total. The fourth-order valence-corrected chi connectivity index (χ4v) is 4.12. The van der Waals surface area contributed by atoms with Crippen molar-refractivity contribution in [2.24, 2.45) is 0 Å². The van der Waals surface area contributed by atoms with E-state index in [1.165, 1.54) is 17.5 Å². The predicted molar refractivity (Wildman–Crippen MR) is 97.1 cm³/mol. The molecule has 0 saturated heterocycles. The monoisotopic (exact) mass is 344 g/mol. The fourth-order valence-electron chi connectivity index (χ4n) is 4.12. The molecule has 0 bridgehead atoms. The third kappa shape index (κ3) is 4.82. The number of amides is 3. The second-order valence-electron chi connectivity index (χ2n) is 7.48. The lowest BCUT2D eigenvalue weighted by molar-refractivity contribution is -0.714. The van der Waals surface area contributed by atoms with Gasteiger partial charge in [-0.25, -0.2) is 4.79 Å². The highest BCUT2D eigenvalue weighted by atomic mass is 16.2. The number of aryl methyl sites for hydroxylation is 1. The first-order chi connectivity index (χ1) is 12.1. The van der Waals surface area contributed by atoms with Crippen molar-refractivity contribution in [2.75, 3.05) is 0 Å². The molecule has 3 amide bonds. The van der Waals surface area contributed by atoms with Gasteiger partial charge in [-0.15, -0.1) is 0 Å². The van der Waals surface area contributed by atoms with E-state index in [1.54, 1.807) is 0 Å². The van der Waals surface area contributed by atoms with Crippen molar-refractivity contribution in [3.8, 4) is 0 Å². The Balaban J connectivity index is 1.50. The highest BCUT2D eigenvalue weighted by molar-refractivity contribution is 5.96. The van der Waals surface area contributed by atoms with Crippen molar-refractivity contribution in [2.45, 2.75) is 76.4 Å². The van der Waals surface area contributed by atoms with Crippen LogP contribution < -0.4 is 16.0 Å². The number of hydrogen-bond acceptors (Lipinski definition) is 2. The molecule has 0 unspecified atom stereocenters. The Morgan fingerprint density at radius 3 is 2.64 bits per heavy atom. The van der Waals surface area contributed by atoms with E-state index >= 15 is 0 Å². The van der Waals surface area contributed by atoms with Crippen LogP contribution in [0.25, 0.3) is 0 Å². The van der Waals surface area contributed by atoms with Crippen molar-refractivity contribution in [3.63, 3.8) is 0 Å². The van der Waals surface area contributed by atoms with Crippen LogP contribution in [0.2, 0.25) is 0 Å². The van der Waals surface area contributed by atoms with Crippen LogP contribution in [-0.2, 0) is 11.2 Å². The number of carbonyl (C=O) groups is 2. The number of carbonyl (C=O) groups excluding carboxylic acids is 2. The summed E-state index contributed by atoms with van der Waals surface area (Å²) in [7, 11) is 0. The second kappa shape index (κ2) is 8.48. The Morgan fingerprint density at radius 2 is 1.84 bits per heavy atom. The maximum atomic E-state index is 12.4. The van der Waals surface area contributed by atoms with Gasteiger partial charge >= 0.3 is 6.03 Å². The Kier molecular flexibility index (Phi) is 6.08. The average molecular weight is 344 g/mol. The van der Waals surface area contributed by atoms with Crippen LogP contribution in [0, 0.1) is 0 Å². The van der Waals surface area contributed by atoms with E-state index in [1.807, 2.05) is 6.92 Å². The normalized spacial score (nSPS) is 21.9. The molecule has 1 aromatic rings. The zero-order valence-electron chi connectivity index (χ0n) is 15.1.